The smallest absolute Gasteiger partial charge is 0.306 e. The van der Waals surface area contributed by atoms with Crippen LogP contribution in [-0.4, -0.2) is 75.5 Å². The first kappa shape index (κ1) is 59.3. The second kappa shape index (κ2) is 44.9. The Hall–Kier alpha value is -2.71. The van der Waals surface area contributed by atoms with Crippen molar-refractivity contribution in [1.82, 2.24) is 0 Å². The molecule has 2 unspecified atom stereocenters. The van der Waals surface area contributed by atoms with Crippen LogP contribution in [0.3, 0.4) is 0 Å². The van der Waals surface area contributed by atoms with Crippen LogP contribution in [0.15, 0.2) is 48.6 Å². The average Bonchev–Trinajstić information content (AvgIpc) is 3.23. The Labute approximate surface area is 382 Å². The van der Waals surface area contributed by atoms with Gasteiger partial charge >= 0.3 is 11.9 Å². The summed E-state index contributed by atoms with van der Waals surface area (Å²) < 4.78 is 17.2. The van der Waals surface area contributed by atoms with E-state index < -0.39 is 18.1 Å². The summed E-state index contributed by atoms with van der Waals surface area (Å²) in [5, 5.41) is 11.7. The van der Waals surface area contributed by atoms with Crippen LogP contribution in [-0.2, 0) is 28.6 Å². The third-order valence-corrected chi connectivity index (χ3v) is 11.5. The maximum absolute atomic E-state index is 12.8. The van der Waals surface area contributed by atoms with Gasteiger partial charge in [-0.25, -0.2) is 0 Å². The molecule has 0 aliphatic rings. The highest BCUT2D eigenvalue weighted by Crippen LogP contribution is 2.14. The van der Waals surface area contributed by atoms with Gasteiger partial charge < -0.3 is 28.6 Å². The molecule has 0 bridgehead atoms. The van der Waals surface area contributed by atoms with E-state index in [4.69, 9.17) is 14.2 Å². The molecular weight excluding hydrogens is 775 g/mol. The number of esters is 2. The molecule has 0 amide bonds. The van der Waals surface area contributed by atoms with E-state index in [1.807, 2.05) is 0 Å². The molecule has 0 saturated carbocycles. The minimum absolute atomic E-state index is 0.0330. The first-order valence-corrected chi connectivity index (χ1v) is 25.7. The molecule has 0 aromatic heterocycles. The third kappa shape index (κ3) is 42.6. The molecule has 0 radical (unpaired) electrons. The van der Waals surface area contributed by atoms with Crippen molar-refractivity contribution in [2.75, 3.05) is 41.0 Å². The molecule has 62 heavy (non-hydrogen) atoms. The first-order chi connectivity index (χ1) is 30.1. The van der Waals surface area contributed by atoms with Crippen LogP contribution in [0.4, 0.5) is 0 Å². The van der Waals surface area contributed by atoms with Crippen molar-refractivity contribution in [3.63, 3.8) is 0 Å². The number of hydrogen-bond acceptors (Lipinski definition) is 7. The highest BCUT2D eigenvalue weighted by molar-refractivity contribution is 5.70. The molecule has 8 nitrogen and oxygen atoms in total. The molecule has 0 aliphatic heterocycles. The molecule has 0 spiro atoms. The number of hydrogen-bond donors (Lipinski definition) is 0. The van der Waals surface area contributed by atoms with Crippen molar-refractivity contribution in [2.24, 2.45) is 0 Å². The van der Waals surface area contributed by atoms with E-state index >= 15 is 0 Å². The normalized spacial score (nSPS) is 13.2. The number of carboxylic acids is 1. The minimum Gasteiger partial charge on any atom is -0.544 e. The van der Waals surface area contributed by atoms with Crippen molar-refractivity contribution in [3.8, 4) is 0 Å². The van der Waals surface area contributed by atoms with Gasteiger partial charge in [-0.2, -0.15) is 0 Å². The van der Waals surface area contributed by atoms with Gasteiger partial charge in [0.15, 0.2) is 6.10 Å². The number of carbonyl (C=O) groups excluding carboxylic acids is 3. The summed E-state index contributed by atoms with van der Waals surface area (Å²) >= 11 is 0. The maximum atomic E-state index is 12.8. The van der Waals surface area contributed by atoms with Crippen LogP contribution in [0.5, 0.6) is 0 Å². The Bertz CT molecular complexity index is 1150. The number of aliphatic carboxylic acids is 1. The van der Waals surface area contributed by atoms with E-state index in [-0.39, 0.29) is 42.7 Å². The Morgan fingerprint density at radius 2 is 0.903 bits per heavy atom. The molecule has 0 aromatic carbocycles. The molecule has 0 saturated heterocycles. The molecular formula is C54H97NO7. The molecule has 0 N–H and O–H groups in total. The minimum atomic E-state index is -1.13. The second-order valence-electron chi connectivity index (χ2n) is 18.4. The number of allylic oxidation sites excluding steroid dienone is 8. The predicted octanol–water partition coefficient (Wildman–Crippen LogP) is 13.4. The summed E-state index contributed by atoms with van der Waals surface area (Å²) in [6.07, 6.45) is 54.3. The lowest BCUT2D eigenvalue weighted by Gasteiger charge is -2.34. The van der Waals surface area contributed by atoms with Crippen molar-refractivity contribution >= 4 is 17.9 Å². The topological polar surface area (TPSA) is 102 Å². The second-order valence-corrected chi connectivity index (χ2v) is 18.4. The fourth-order valence-electron chi connectivity index (χ4n) is 7.45. The van der Waals surface area contributed by atoms with Gasteiger partial charge in [0, 0.05) is 19.3 Å². The quantitative estimate of drug-likeness (QED) is 0.0197. The molecule has 0 rings (SSSR count). The molecule has 0 heterocycles. The van der Waals surface area contributed by atoms with Gasteiger partial charge in [0.25, 0.3) is 0 Å². The Morgan fingerprint density at radius 1 is 0.500 bits per heavy atom. The summed E-state index contributed by atoms with van der Waals surface area (Å²) in [5.74, 6) is -1.76. The summed E-state index contributed by atoms with van der Waals surface area (Å²) in [5.41, 5.74) is 0. The zero-order chi connectivity index (χ0) is 45.6. The van der Waals surface area contributed by atoms with Crippen molar-refractivity contribution in [2.45, 2.75) is 238 Å². The van der Waals surface area contributed by atoms with Crippen LogP contribution in [0.1, 0.15) is 226 Å². The van der Waals surface area contributed by atoms with Gasteiger partial charge in [0.2, 0.25) is 0 Å². The molecule has 8 heteroatoms. The average molecular weight is 872 g/mol. The Morgan fingerprint density at radius 3 is 1.37 bits per heavy atom. The van der Waals surface area contributed by atoms with Crippen LogP contribution in [0.25, 0.3) is 0 Å². The van der Waals surface area contributed by atoms with Gasteiger partial charge in [-0.3, -0.25) is 9.59 Å². The number of carboxylic acid groups (broad SMARTS) is 1. The van der Waals surface area contributed by atoms with E-state index in [2.05, 4.69) is 62.5 Å². The number of ether oxygens (including phenoxy) is 3. The van der Waals surface area contributed by atoms with E-state index in [0.717, 1.165) is 70.6 Å². The van der Waals surface area contributed by atoms with Gasteiger partial charge in [0.05, 0.1) is 40.3 Å². The molecule has 360 valence electrons. The van der Waals surface area contributed by atoms with E-state index in [0.29, 0.717) is 12.8 Å². The largest absolute Gasteiger partial charge is 0.544 e. The zero-order valence-corrected chi connectivity index (χ0v) is 41.0. The third-order valence-electron chi connectivity index (χ3n) is 11.5. The van der Waals surface area contributed by atoms with E-state index in [9.17, 15) is 19.5 Å². The number of unbranched alkanes of at least 4 members (excludes halogenated alkanes) is 25. The van der Waals surface area contributed by atoms with Crippen molar-refractivity contribution in [3.05, 3.63) is 48.6 Å². The Balaban J connectivity index is 4.24. The summed E-state index contributed by atoms with van der Waals surface area (Å²) in [4.78, 5) is 37.0. The molecule has 0 fully saturated rings. The predicted molar refractivity (Wildman–Crippen MR) is 259 cm³/mol. The molecule has 2 atom stereocenters. The SMILES string of the molecule is CCCCC/C=C/C=C/CCCCCCCCC(=O)OC(COCCC(C(=O)[O-])[N+](C)(C)C)COC(=O)CCCCCCCCC/C=C/C/C=C/CCCCCCCCCCC. The molecule has 0 aliphatic carbocycles. The van der Waals surface area contributed by atoms with Crippen molar-refractivity contribution in [1.29, 1.82) is 0 Å². The number of carbonyl (C=O) groups is 3. The van der Waals surface area contributed by atoms with Crippen LogP contribution in [0, 0.1) is 0 Å². The first-order valence-electron chi connectivity index (χ1n) is 25.7. The number of quaternary nitrogens is 1. The lowest BCUT2D eigenvalue weighted by Crippen LogP contribution is -2.55. The van der Waals surface area contributed by atoms with E-state index in [1.54, 1.807) is 21.1 Å². The summed E-state index contributed by atoms with van der Waals surface area (Å²) in [6, 6.07) is -0.730. The highest BCUT2D eigenvalue weighted by atomic mass is 16.6. The van der Waals surface area contributed by atoms with E-state index in [1.165, 1.54) is 122 Å². The van der Waals surface area contributed by atoms with Gasteiger partial charge in [-0.05, 0) is 70.6 Å². The fourth-order valence-corrected chi connectivity index (χ4v) is 7.45. The number of nitrogens with zero attached hydrogens (tertiary/aromatic N) is 1. The lowest BCUT2D eigenvalue weighted by molar-refractivity contribution is -0.889. The van der Waals surface area contributed by atoms with Crippen molar-refractivity contribution < 1.29 is 38.2 Å². The van der Waals surface area contributed by atoms with Crippen LogP contribution < -0.4 is 5.11 Å². The maximum Gasteiger partial charge on any atom is 0.306 e. The van der Waals surface area contributed by atoms with Gasteiger partial charge in [-0.15, -0.1) is 0 Å². The summed E-state index contributed by atoms with van der Waals surface area (Å²) in [7, 11) is 5.41. The fraction of sp³-hybridized carbons (Fsp3) is 0.796. The monoisotopic (exact) mass is 872 g/mol. The van der Waals surface area contributed by atoms with Gasteiger partial charge in [-0.1, -0.05) is 184 Å². The molecule has 0 aromatic rings. The standard InChI is InChI=1S/C54H97NO7/c1-6-8-10-12-14-16-18-20-22-23-24-25-26-27-28-29-31-32-34-36-38-40-42-44-52(56)61-49-50(48-60-47-46-51(54(58)59)55(3,4)5)62-53(57)45-43-41-39-37-35-33-30-21-19-17-15-13-11-9-7-2/h15,17,19,21,24-25,27-28,50-51H,6-14,16,18,20,22-23,26,29-49H2,1-5H3/b17-15+,21-19+,25-24+,28-27+. The highest BCUT2D eigenvalue weighted by Gasteiger charge is 2.25. The van der Waals surface area contributed by atoms with Gasteiger partial charge in [0.1, 0.15) is 12.6 Å². The number of rotatable bonds is 46. The Kier molecular flexibility index (Phi) is 42.9. The van der Waals surface area contributed by atoms with Crippen LogP contribution in [0.2, 0.25) is 0 Å². The number of likely N-dealkylation sites (N-methyl/N-ethyl adjacent to an activating group) is 1. The summed E-state index contributed by atoms with van der Waals surface area (Å²) in [6.45, 7) is 4.63. The zero-order valence-electron chi connectivity index (χ0n) is 41.0. The van der Waals surface area contributed by atoms with Crippen LogP contribution >= 0.6 is 0 Å². The lowest BCUT2D eigenvalue weighted by atomic mass is 10.1.